The van der Waals surface area contributed by atoms with Crippen molar-refractivity contribution < 1.29 is 4.92 Å². The summed E-state index contributed by atoms with van der Waals surface area (Å²) < 4.78 is 2.13. The second kappa shape index (κ2) is 4.52. The Kier molecular flexibility index (Phi) is 2.62. The first-order valence-corrected chi connectivity index (χ1v) is 7.01. The minimum Gasteiger partial charge on any atom is -0.383 e. The lowest BCUT2D eigenvalue weighted by molar-refractivity contribution is -0.384. The minimum atomic E-state index is -0.408. The van der Waals surface area contributed by atoms with Gasteiger partial charge in [0.05, 0.1) is 10.3 Å². The molecule has 3 aromatic rings. The Hall–Kier alpha value is -2.96. The van der Waals surface area contributed by atoms with Crippen LogP contribution >= 0.6 is 0 Å². The molecule has 1 fully saturated rings. The van der Waals surface area contributed by atoms with Gasteiger partial charge in [0, 0.05) is 29.9 Å². The van der Waals surface area contributed by atoms with Crippen molar-refractivity contribution in [3.8, 4) is 11.1 Å². The van der Waals surface area contributed by atoms with Crippen LogP contribution in [0.1, 0.15) is 18.9 Å². The van der Waals surface area contributed by atoms with Gasteiger partial charge in [0.1, 0.15) is 17.8 Å². The Balaban J connectivity index is 1.92. The SMILES string of the molecule is Nc1ncnc2c1c(-c1ccc([N+](=O)[O-])cc1)cn2C1CC1. The predicted octanol–water partition coefficient (Wildman–Crippen LogP) is 2.92. The van der Waals surface area contributed by atoms with E-state index >= 15 is 0 Å². The topological polar surface area (TPSA) is 99.9 Å². The number of nitro groups is 1. The molecule has 2 N–H and O–H groups in total. The first-order chi connectivity index (χ1) is 10.6. The van der Waals surface area contributed by atoms with Gasteiger partial charge in [-0.25, -0.2) is 9.97 Å². The highest BCUT2D eigenvalue weighted by Gasteiger charge is 2.27. The van der Waals surface area contributed by atoms with Crippen LogP contribution in [0.25, 0.3) is 22.2 Å². The molecule has 0 bridgehead atoms. The summed E-state index contributed by atoms with van der Waals surface area (Å²) in [5, 5.41) is 11.6. The van der Waals surface area contributed by atoms with Crippen molar-refractivity contribution >= 4 is 22.5 Å². The van der Waals surface area contributed by atoms with Gasteiger partial charge in [-0.1, -0.05) is 0 Å². The molecule has 7 heteroatoms. The number of nitrogen functional groups attached to an aromatic ring is 1. The first-order valence-electron chi connectivity index (χ1n) is 7.01. The molecular formula is C15H13N5O2. The molecule has 1 aromatic carbocycles. The summed E-state index contributed by atoms with van der Waals surface area (Å²) in [4.78, 5) is 18.8. The van der Waals surface area contributed by atoms with Gasteiger partial charge in [-0.2, -0.15) is 0 Å². The van der Waals surface area contributed by atoms with Crippen molar-refractivity contribution in [3.63, 3.8) is 0 Å². The van der Waals surface area contributed by atoms with E-state index in [4.69, 9.17) is 5.73 Å². The van der Waals surface area contributed by atoms with Gasteiger partial charge in [0.15, 0.2) is 0 Å². The number of aromatic nitrogens is 3. The normalized spacial score (nSPS) is 14.4. The van der Waals surface area contributed by atoms with Crippen molar-refractivity contribution in [1.82, 2.24) is 14.5 Å². The van der Waals surface area contributed by atoms with Gasteiger partial charge in [-0.3, -0.25) is 10.1 Å². The summed E-state index contributed by atoms with van der Waals surface area (Å²) >= 11 is 0. The van der Waals surface area contributed by atoms with E-state index in [9.17, 15) is 10.1 Å². The van der Waals surface area contributed by atoms with Gasteiger partial charge in [-0.05, 0) is 30.5 Å². The highest BCUT2D eigenvalue weighted by Crippen LogP contribution is 2.41. The van der Waals surface area contributed by atoms with E-state index in [1.165, 1.54) is 18.5 Å². The van der Waals surface area contributed by atoms with E-state index in [0.717, 1.165) is 35.0 Å². The molecule has 0 aliphatic heterocycles. The highest BCUT2D eigenvalue weighted by molar-refractivity contribution is 6.00. The fourth-order valence-corrected chi connectivity index (χ4v) is 2.72. The van der Waals surface area contributed by atoms with Gasteiger partial charge in [0.2, 0.25) is 0 Å². The Morgan fingerprint density at radius 1 is 1.23 bits per heavy atom. The van der Waals surface area contributed by atoms with Crippen LogP contribution in [0.4, 0.5) is 11.5 Å². The predicted molar refractivity (Wildman–Crippen MR) is 82.3 cm³/mol. The number of non-ortho nitro benzene ring substituents is 1. The number of rotatable bonds is 3. The van der Waals surface area contributed by atoms with E-state index in [1.807, 2.05) is 6.20 Å². The molecule has 0 amide bonds. The van der Waals surface area contributed by atoms with E-state index in [0.29, 0.717) is 11.9 Å². The zero-order valence-electron chi connectivity index (χ0n) is 11.6. The van der Waals surface area contributed by atoms with Crippen LogP contribution in [-0.4, -0.2) is 19.5 Å². The van der Waals surface area contributed by atoms with Gasteiger partial charge in [-0.15, -0.1) is 0 Å². The molecule has 0 spiro atoms. The van der Waals surface area contributed by atoms with Crippen LogP contribution in [0, 0.1) is 10.1 Å². The molecule has 2 heterocycles. The van der Waals surface area contributed by atoms with E-state index in [2.05, 4.69) is 14.5 Å². The Labute approximate surface area is 125 Å². The molecule has 4 rings (SSSR count). The van der Waals surface area contributed by atoms with E-state index < -0.39 is 4.92 Å². The molecule has 22 heavy (non-hydrogen) atoms. The maximum absolute atomic E-state index is 10.8. The lowest BCUT2D eigenvalue weighted by atomic mass is 10.1. The van der Waals surface area contributed by atoms with Crippen LogP contribution in [0.15, 0.2) is 36.8 Å². The number of nitro benzene ring substituents is 1. The number of anilines is 1. The largest absolute Gasteiger partial charge is 0.383 e. The summed E-state index contributed by atoms with van der Waals surface area (Å²) in [7, 11) is 0. The van der Waals surface area contributed by atoms with Gasteiger partial charge >= 0.3 is 0 Å². The molecule has 2 aromatic heterocycles. The molecule has 110 valence electrons. The van der Waals surface area contributed by atoms with Crippen LogP contribution in [0.3, 0.4) is 0 Å². The first kappa shape index (κ1) is 12.8. The molecule has 1 aliphatic rings. The third kappa shape index (κ3) is 1.90. The Bertz CT molecular complexity index is 881. The van der Waals surface area contributed by atoms with Gasteiger partial charge < -0.3 is 10.3 Å². The molecule has 0 unspecified atom stereocenters. The van der Waals surface area contributed by atoms with Crippen molar-refractivity contribution in [2.75, 3.05) is 5.73 Å². The molecular weight excluding hydrogens is 282 g/mol. The number of fused-ring (bicyclic) bond motifs is 1. The molecule has 1 saturated carbocycles. The molecule has 1 aliphatic carbocycles. The lowest BCUT2D eigenvalue weighted by Gasteiger charge is -2.01. The highest BCUT2D eigenvalue weighted by atomic mass is 16.6. The quantitative estimate of drug-likeness (QED) is 0.591. The number of benzene rings is 1. The van der Waals surface area contributed by atoms with Crippen LogP contribution < -0.4 is 5.73 Å². The van der Waals surface area contributed by atoms with Crippen LogP contribution in [0.5, 0.6) is 0 Å². The number of hydrogen-bond donors (Lipinski definition) is 1. The van der Waals surface area contributed by atoms with Gasteiger partial charge in [0.25, 0.3) is 5.69 Å². The molecule has 0 saturated heterocycles. The Morgan fingerprint density at radius 3 is 2.59 bits per heavy atom. The maximum atomic E-state index is 10.8. The monoisotopic (exact) mass is 295 g/mol. The molecule has 0 atom stereocenters. The number of hydrogen-bond acceptors (Lipinski definition) is 5. The summed E-state index contributed by atoms with van der Waals surface area (Å²) in [5.74, 6) is 0.428. The summed E-state index contributed by atoms with van der Waals surface area (Å²) in [6.07, 6.45) is 5.76. The molecule has 0 radical (unpaired) electrons. The second-order valence-corrected chi connectivity index (χ2v) is 5.44. The lowest BCUT2D eigenvalue weighted by Crippen LogP contribution is -1.96. The Morgan fingerprint density at radius 2 is 1.95 bits per heavy atom. The number of nitrogens with zero attached hydrogens (tertiary/aromatic N) is 4. The third-order valence-electron chi connectivity index (χ3n) is 3.97. The zero-order valence-corrected chi connectivity index (χ0v) is 11.6. The van der Waals surface area contributed by atoms with E-state index in [-0.39, 0.29) is 5.69 Å². The van der Waals surface area contributed by atoms with Crippen molar-refractivity contribution in [1.29, 1.82) is 0 Å². The number of nitrogens with two attached hydrogens (primary N) is 1. The summed E-state index contributed by atoms with van der Waals surface area (Å²) in [6.45, 7) is 0. The standard InChI is InChI=1S/C15H13N5O2/c16-14-13-12(9-1-3-11(4-2-9)20(21)22)7-19(10-5-6-10)15(13)18-8-17-14/h1-4,7-8,10H,5-6H2,(H2,16,17,18). The minimum absolute atomic E-state index is 0.0684. The maximum Gasteiger partial charge on any atom is 0.269 e. The molecule has 7 nitrogen and oxygen atoms in total. The van der Waals surface area contributed by atoms with Crippen molar-refractivity contribution in [2.24, 2.45) is 0 Å². The van der Waals surface area contributed by atoms with Crippen LogP contribution in [0.2, 0.25) is 0 Å². The van der Waals surface area contributed by atoms with Crippen LogP contribution in [-0.2, 0) is 0 Å². The smallest absolute Gasteiger partial charge is 0.269 e. The van der Waals surface area contributed by atoms with Crippen molar-refractivity contribution in [3.05, 3.63) is 46.9 Å². The summed E-state index contributed by atoms with van der Waals surface area (Å²) in [6, 6.07) is 6.92. The third-order valence-corrected chi connectivity index (χ3v) is 3.97. The van der Waals surface area contributed by atoms with E-state index in [1.54, 1.807) is 12.1 Å². The summed E-state index contributed by atoms with van der Waals surface area (Å²) in [5.41, 5.74) is 8.71. The fourth-order valence-electron chi connectivity index (χ4n) is 2.72. The average Bonchev–Trinajstić information content (AvgIpc) is 3.28. The zero-order chi connectivity index (χ0) is 15.3. The second-order valence-electron chi connectivity index (χ2n) is 5.44. The van der Waals surface area contributed by atoms with Crippen molar-refractivity contribution in [2.45, 2.75) is 18.9 Å². The average molecular weight is 295 g/mol. The fraction of sp³-hybridized carbons (Fsp3) is 0.200.